The first kappa shape index (κ1) is 16.5. The molecule has 0 unspecified atom stereocenters. The summed E-state index contributed by atoms with van der Waals surface area (Å²) in [6, 6.07) is 10.8. The quantitative estimate of drug-likeness (QED) is 0.718. The third-order valence-corrected chi connectivity index (χ3v) is 5.29. The van der Waals surface area contributed by atoms with Crippen molar-refractivity contribution in [3.63, 3.8) is 0 Å². The van der Waals surface area contributed by atoms with E-state index < -0.39 is 6.04 Å². The lowest BCUT2D eigenvalue weighted by Gasteiger charge is -2.24. The van der Waals surface area contributed by atoms with Crippen LogP contribution in [0.15, 0.2) is 36.4 Å². The number of hydrogen-bond acceptors (Lipinski definition) is 6. The number of nitrogen functional groups attached to an aromatic ring is 1. The molecule has 8 heteroatoms. The number of aromatic nitrogens is 2. The van der Waals surface area contributed by atoms with Gasteiger partial charge in [0.15, 0.2) is 0 Å². The first-order chi connectivity index (χ1) is 12.6. The Bertz CT molecular complexity index is 1010. The lowest BCUT2D eigenvalue weighted by Crippen LogP contribution is -2.47. The lowest BCUT2D eigenvalue weighted by atomic mass is 10.1. The molecule has 1 aliphatic heterocycles. The minimum Gasteiger partial charge on any atom is -0.374 e. The van der Waals surface area contributed by atoms with E-state index in [1.165, 1.54) is 11.3 Å². The number of hydrogen-bond donors (Lipinski definition) is 2. The zero-order valence-electron chi connectivity index (χ0n) is 14.1. The summed E-state index contributed by atoms with van der Waals surface area (Å²) < 4.78 is 0. The predicted molar refractivity (Wildman–Crippen MR) is 101 cm³/mol. The van der Waals surface area contributed by atoms with Gasteiger partial charge in [0, 0.05) is 23.9 Å². The summed E-state index contributed by atoms with van der Waals surface area (Å²) in [6.07, 6.45) is 0.553. The van der Waals surface area contributed by atoms with Crippen molar-refractivity contribution in [1.82, 2.24) is 15.5 Å². The molecule has 0 radical (unpaired) electrons. The average Bonchev–Trinajstić information content (AvgIpc) is 3.18. The Balaban J connectivity index is 1.50. The zero-order valence-corrected chi connectivity index (χ0v) is 14.9. The number of nitrogens with zero attached hydrogens (tertiary/aromatic N) is 3. The molecule has 0 fully saturated rings. The maximum Gasteiger partial charge on any atom is 0.259 e. The molecule has 3 aromatic rings. The molecule has 1 aromatic heterocycles. The largest absolute Gasteiger partial charge is 0.374 e. The Morgan fingerprint density at radius 1 is 1.27 bits per heavy atom. The van der Waals surface area contributed by atoms with Crippen LogP contribution in [0, 0.1) is 0 Å². The molecule has 132 valence electrons. The van der Waals surface area contributed by atoms with E-state index >= 15 is 0 Å². The van der Waals surface area contributed by atoms with Crippen molar-refractivity contribution in [3.05, 3.63) is 47.0 Å². The maximum absolute atomic E-state index is 12.8. The molecule has 0 saturated heterocycles. The van der Waals surface area contributed by atoms with E-state index in [4.69, 9.17) is 5.73 Å². The van der Waals surface area contributed by atoms with Gasteiger partial charge < -0.3 is 11.1 Å². The molecule has 26 heavy (non-hydrogen) atoms. The lowest BCUT2D eigenvalue weighted by molar-refractivity contribution is -0.121. The third kappa shape index (κ3) is 2.68. The van der Waals surface area contributed by atoms with Crippen molar-refractivity contribution in [3.8, 4) is 0 Å². The van der Waals surface area contributed by atoms with Crippen molar-refractivity contribution >= 4 is 44.7 Å². The molecular formula is C18H17N5O2S. The van der Waals surface area contributed by atoms with Crippen molar-refractivity contribution in [2.24, 2.45) is 0 Å². The second-order valence-electron chi connectivity index (χ2n) is 6.11. The summed E-state index contributed by atoms with van der Waals surface area (Å²) in [7, 11) is 0. The maximum atomic E-state index is 12.8. The number of nitrogens with one attached hydrogen (secondary N) is 1. The normalized spacial score (nSPS) is 14.0. The van der Waals surface area contributed by atoms with Crippen LogP contribution >= 0.6 is 11.3 Å². The van der Waals surface area contributed by atoms with Gasteiger partial charge in [-0.05, 0) is 24.4 Å². The molecule has 2 heterocycles. The van der Waals surface area contributed by atoms with Crippen LogP contribution in [-0.4, -0.2) is 34.6 Å². The SMILES string of the molecule is C[C@@H](C(=O)NCCc1nnc(N)s1)N1C(=O)c2cccc3cccc1c23. The van der Waals surface area contributed by atoms with Crippen LogP contribution in [0.3, 0.4) is 0 Å². The van der Waals surface area contributed by atoms with Gasteiger partial charge in [-0.2, -0.15) is 0 Å². The van der Waals surface area contributed by atoms with Gasteiger partial charge >= 0.3 is 0 Å². The summed E-state index contributed by atoms with van der Waals surface area (Å²) in [5.74, 6) is -0.350. The van der Waals surface area contributed by atoms with Gasteiger partial charge in [-0.3, -0.25) is 14.5 Å². The summed E-state index contributed by atoms with van der Waals surface area (Å²) >= 11 is 1.30. The van der Waals surface area contributed by atoms with E-state index in [0.717, 1.165) is 21.5 Å². The fraction of sp³-hybridized carbons (Fsp3) is 0.222. The van der Waals surface area contributed by atoms with Gasteiger partial charge in [-0.1, -0.05) is 35.6 Å². The average molecular weight is 367 g/mol. The van der Waals surface area contributed by atoms with Crippen LogP contribution in [0.25, 0.3) is 10.8 Å². The highest BCUT2D eigenvalue weighted by molar-refractivity contribution is 7.15. The number of nitrogens with two attached hydrogens (primary N) is 1. The van der Waals surface area contributed by atoms with Gasteiger partial charge in [0.1, 0.15) is 11.0 Å². The Labute approximate surface area is 153 Å². The Morgan fingerprint density at radius 3 is 2.77 bits per heavy atom. The van der Waals surface area contributed by atoms with Crippen molar-refractivity contribution in [2.45, 2.75) is 19.4 Å². The second-order valence-corrected chi connectivity index (χ2v) is 7.20. The fourth-order valence-electron chi connectivity index (χ4n) is 3.25. The Hall–Kier alpha value is -3.00. The van der Waals surface area contributed by atoms with Crippen LogP contribution < -0.4 is 16.0 Å². The molecule has 1 atom stereocenters. The highest BCUT2D eigenvalue weighted by Gasteiger charge is 2.35. The standard InChI is InChI=1S/C18H17N5O2S/c1-10(16(24)20-9-8-14-21-22-18(19)26-14)23-13-7-3-5-11-4-2-6-12(15(11)13)17(23)25/h2-7,10H,8-9H2,1H3,(H2,19,22)(H,20,24)/t10-/m0/s1. The van der Waals surface area contributed by atoms with Crippen LogP contribution in [-0.2, 0) is 11.2 Å². The monoisotopic (exact) mass is 367 g/mol. The van der Waals surface area contributed by atoms with Crippen molar-refractivity contribution < 1.29 is 9.59 Å². The minimum absolute atomic E-state index is 0.142. The first-order valence-corrected chi connectivity index (χ1v) is 9.09. The van der Waals surface area contributed by atoms with Gasteiger partial charge in [0.25, 0.3) is 5.91 Å². The number of carbonyl (C=O) groups is 2. The highest BCUT2D eigenvalue weighted by Crippen LogP contribution is 2.38. The van der Waals surface area contributed by atoms with Crippen LogP contribution in [0.5, 0.6) is 0 Å². The van der Waals surface area contributed by atoms with Gasteiger partial charge in [0.05, 0.1) is 5.69 Å². The smallest absolute Gasteiger partial charge is 0.259 e. The molecule has 0 aliphatic carbocycles. The topological polar surface area (TPSA) is 101 Å². The number of benzene rings is 2. The Kier molecular flexibility index (Phi) is 4.04. The van der Waals surface area contributed by atoms with Gasteiger partial charge in [0.2, 0.25) is 11.0 Å². The van der Waals surface area contributed by atoms with Gasteiger partial charge in [-0.15, -0.1) is 10.2 Å². The van der Waals surface area contributed by atoms with E-state index in [-0.39, 0.29) is 11.8 Å². The first-order valence-electron chi connectivity index (χ1n) is 8.27. The van der Waals surface area contributed by atoms with Gasteiger partial charge in [-0.25, -0.2) is 0 Å². The molecule has 0 spiro atoms. The van der Waals surface area contributed by atoms with E-state index in [1.54, 1.807) is 17.9 Å². The van der Waals surface area contributed by atoms with E-state index in [0.29, 0.717) is 23.7 Å². The van der Waals surface area contributed by atoms with Crippen molar-refractivity contribution in [1.29, 1.82) is 0 Å². The van der Waals surface area contributed by atoms with Crippen LogP contribution in [0.1, 0.15) is 22.3 Å². The molecule has 0 bridgehead atoms. The molecule has 4 rings (SSSR count). The summed E-state index contributed by atoms with van der Waals surface area (Å²) in [5.41, 5.74) is 6.97. The van der Waals surface area contributed by atoms with E-state index in [9.17, 15) is 9.59 Å². The number of rotatable bonds is 5. The summed E-state index contributed by atoms with van der Waals surface area (Å²) in [4.78, 5) is 27.0. The molecule has 2 aromatic carbocycles. The molecule has 1 aliphatic rings. The summed E-state index contributed by atoms with van der Waals surface area (Å²) in [5, 5.41) is 13.6. The van der Waals surface area contributed by atoms with Crippen molar-refractivity contribution in [2.75, 3.05) is 17.2 Å². The highest BCUT2D eigenvalue weighted by atomic mass is 32.1. The number of amides is 2. The fourth-order valence-corrected chi connectivity index (χ4v) is 3.86. The zero-order chi connectivity index (χ0) is 18.3. The molecule has 0 saturated carbocycles. The summed E-state index contributed by atoms with van der Waals surface area (Å²) in [6.45, 7) is 2.15. The predicted octanol–water partition coefficient (Wildman–Crippen LogP) is 1.98. The molecular weight excluding hydrogens is 350 g/mol. The Morgan fingerprint density at radius 2 is 2.04 bits per heavy atom. The second kappa shape index (κ2) is 6.38. The number of carbonyl (C=O) groups excluding carboxylic acids is 2. The van der Waals surface area contributed by atoms with Crippen LogP contribution in [0.4, 0.5) is 10.8 Å². The van der Waals surface area contributed by atoms with E-state index in [1.807, 2.05) is 30.3 Å². The van der Waals surface area contributed by atoms with Crippen LogP contribution in [0.2, 0.25) is 0 Å². The molecule has 2 amide bonds. The number of anilines is 2. The molecule has 3 N–H and O–H groups in total. The molecule has 7 nitrogen and oxygen atoms in total. The van der Waals surface area contributed by atoms with E-state index in [2.05, 4.69) is 15.5 Å². The minimum atomic E-state index is -0.611. The third-order valence-electron chi connectivity index (χ3n) is 4.48.